The molecule has 1 heterocycles. The van der Waals surface area contributed by atoms with Gasteiger partial charge in [-0.15, -0.1) is 11.8 Å². The molecule has 0 saturated heterocycles. The third-order valence-corrected chi connectivity index (χ3v) is 6.08. The van der Waals surface area contributed by atoms with Crippen LogP contribution in [0.3, 0.4) is 0 Å². The largest absolute Gasteiger partial charge is 0.458 e. The SMILES string of the molecule is Cc1cccc2[nH]cc(S[C@H](CC(C)C)C(=O)N[C@@H](CCC(N)=O)C(=O)OC(C)(C)C)c12. The Balaban J connectivity index is 2.24. The maximum atomic E-state index is 13.3. The predicted octanol–water partition coefficient (Wildman–Crippen LogP) is 4.08. The summed E-state index contributed by atoms with van der Waals surface area (Å²) < 4.78 is 5.46. The van der Waals surface area contributed by atoms with Gasteiger partial charge in [0.25, 0.3) is 0 Å². The van der Waals surface area contributed by atoms with E-state index < -0.39 is 28.8 Å². The first-order valence-electron chi connectivity index (χ1n) is 10.9. The number of amides is 2. The Kier molecular flexibility index (Phi) is 8.78. The van der Waals surface area contributed by atoms with Gasteiger partial charge in [-0.25, -0.2) is 4.79 Å². The number of nitrogens with two attached hydrogens (primary N) is 1. The molecule has 176 valence electrons. The summed E-state index contributed by atoms with van der Waals surface area (Å²) >= 11 is 1.48. The van der Waals surface area contributed by atoms with E-state index in [1.54, 1.807) is 20.8 Å². The van der Waals surface area contributed by atoms with Crippen molar-refractivity contribution >= 4 is 40.4 Å². The summed E-state index contributed by atoms with van der Waals surface area (Å²) in [5.74, 6) is -1.08. The first-order chi connectivity index (χ1) is 14.9. The summed E-state index contributed by atoms with van der Waals surface area (Å²) in [4.78, 5) is 41.5. The van der Waals surface area contributed by atoms with Gasteiger partial charge < -0.3 is 20.8 Å². The average molecular weight is 462 g/mol. The molecule has 0 spiro atoms. The van der Waals surface area contributed by atoms with Crippen molar-refractivity contribution in [3.63, 3.8) is 0 Å². The summed E-state index contributed by atoms with van der Waals surface area (Å²) in [7, 11) is 0. The summed E-state index contributed by atoms with van der Waals surface area (Å²) in [6.45, 7) is 11.4. The molecule has 4 N–H and O–H groups in total. The molecule has 0 saturated carbocycles. The number of ether oxygens (including phenoxy) is 1. The number of aromatic nitrogens is 1. The minimum absolute atomic E-state index is 0.0200. The highest BCUT2D eigenvalue weighted by Crippen LogP contribution is 2.35. The van der Waals surface area contributed by atoms with Gasteiger partial charge in [0.1, 0.15) is 11.6 Å². The molecule has 8 heteroatoms. The Hall–Kier alpha value is -2.48. The van der Waals surface area contributed by atoms with Crippen LogP contribution in [-0.2, 0) is 19.1 Å². The Labute approximate surface area is 194 Å². The number of carbonyl (C=O) groups excluding carboxylic acids is 3. The van der Waals surface area contributed by atoms with Gasteiger partial charge in [0, 0.05) is 28.4 Å². The van der Waals surface area contributed by atoms with E-state index in [1.165, 1.54) is 11.8 Å². The lowest BCUT2D eigenvalue weighted by Crippen LogP contribution is -2.47. The number of aromatic amines is 1. The second-order valence-electron chi connectivity index (χ2n) is 9.49. The highest BCUT2D eigenvalue weighted by atomic mass is 32.2. The molecule has 0 unspecified atom stereocenters. The number of thioether (sulfide) groups is 1. The van der Waals surface area contributed by atoms with E-state index in [0.29, 0.717) is 6.42 Å². The minimum atomic E-state index is -0.936. The number of nitrogens with one attached hydrogen (secondary N) is 2. The quantitative estimate of drug-likeness (QED) is 0.364. The summed E-state index contributed by atoms with van der Waals surface area (Å²) in [5, 5.41) is 3.51. The molecule has 7 nitrogen and oxygen atoms in total. The maximum Gasteiger partial charge on any atom is 0.329 e. The van der Waals surface area contributed by atoms with Gasteiger partial charge in [0.2, 0.25) is 11.8 Å². The molecule has 32 heavy (non-hydrogen) atoms. The lowest BCUT2D eigenvalue weighted by Gasteiger charge is -2.26. The van der Waals surface area contributed by atoms with Crippen molar-refractivity contribution in [1.29, 1.82) is 0 Å². The van der Waals surface area contributed by atoms with Crippen LogP contribution in [0.15, 0.2) is 29.3 Å². The molecular weight excluding hydrogens is 426 g/mol. The molecule has 2 atom stereocenters. The third-order valence-electron chi connectivity index (χ3n) is 4.81. The van der Waals surface area contributed by atoms with Crippen LogP contribution in [0.1, 0.15) is 59.4 Å². The molecule has 0 aliphatic carbocycles. The highest BCUT2D eigenvalue weighted by Gasteiger charge is 2.30. The lowest BCUT2D eigenvalue weighted by atomic mass is 10.1. The van der Waals surface area contributed by atoms with Gasteiger partial charge in [-0.1, -0.05) is 26.0 Å². The van der Waals surface area contributed by atoms with Gasteiger partial charge in [-0.05, 0) is 58.1 Å². The molecule has 0 radical (unpaired) electrons. The van der Waals surface area contributed by atoms with Crippen molar-refractivity contribution in [3.05, 3.63) is 30.0 Å². The van der Waals surface area contributed by atoms with Crippen molar-refractivity contribution in [2.75, 3.05) is 0 Å². The van der Waals surface area contributed by atoms with Gasteiger partial charge >= 0.3 is 5.97 Å². The molecule has 2 amide bonds. The minimum Gasteiger partial charge on any atom is -0.458 e. The van der Waals surface area contributed by atoms with E-state index in [4.69, 9.17) is 10.5 Å². The van der Waals surface area contributed by atoms with Crippen LogP contribution in [0.5, 0.6) is 0 Å². The Morgan fingerprint density at radius 1 is 1.22 bits per heavy atom. The van der Waals surface area contributed by atoms with Gasteiger partial charge in [0.05, 0.1) is 5.25 Å². The Morgan fingerprint density at radius 3 is 2.50 bits per heavy atom. The standard InChI is InChI=1S/C24H35N3O4S/c1-14(2)12-18(32-19-13-26-16-9-7-8-15(3)21(16)19)22(29)27-17(10-11-20(25)28)23(30)31-24(4,5)6/h7-9,13-14,17-18,26H,10-12H2,1-6H3,(H2,25,28)(H,27,29)/t17-,18+/m0/s1. The smallest absolute Gasteiger partial charge is 0.329 e. The number of carbonyl (C=O) groups is 3. The van der Waals surface area contributed by atoms with Crippen molar-refractivity contribution < 1.29 is 19.1 Å². The lowest BCUT2D eigenvalue weighted by molar-refractivity contribution is -0.158. The molecule has 2 rings (SSSR count). The zero-order chi connectivity index (χ0) is 24.1. The number of hydrogen-bond donors (Lipinski definition) is 3. The van der Waals surface area contributed by atoms with Crippen molar-refractivity contribution in [3.8, 4) is 0 Å². The number of H-pyrrole nitrogens is 1. The second kappa shape index (κ2) is 10.9. The van der Waals surface area contributed by atoms with E-state index in [0.717, 1.165) is 21.4 Å². The number of benzene rings is 1. The summed E-state index contributed by atoms with van der Waals surface area (Å²) in [5.41, 5.74) is 6.71. The highest BCUT2D eigenvalue weighted by molar-refractivity contribution is 8.00. The van der Waals surface area contributed by atoms with Crippen LogP contribution >= 0.6 is 11.8 Å². The van der Waals surface area contributed by atoms with E-state index in [-0.39, 0.29) is 24.7 Å². The van der Waals surface area contributed by atoms with E-state index in [9.17, 15) is 14.4 Å². The summed E-state index contributed by atoms with van der Waals surface area (Å²) in [6, 6.07) is 5.10. The van der Waals surface area contributed by atoms with Crippen LogP contribution in [-0.4, -0.2) is 39.7 Å². The summed E-state index contributed by atoms with van der Waals surface area (Å²) in [6.07, 6.45) is 2.63. The average Bonchev–Trinajstić information content (AvgIpc) is 3.06. The first kappa shape index (κ1) is 25.8. The molecule has 2 aromatic rings. The number of rotatable bonds is 10. The molecule has 1 aromatic heterocycles. The fraction of sp³-hybridized carbons (Fsp3) is 0.542. The molecule has 1 aromatic carbocycles. The van der Waals surface area contributed by atoms with Crippen molar-refractivity contribution in [2.45, 2.75) is 82.6 Å². The van der Waals surface area contributed by atoms with Crippen LogP contribution in [0.2, 0.25) is 0 Å². The Morgan fingerprint density at radius 2 is 1.91 bits per heavy atom. The van der Waals surface area contributed by atoms with Gasteiger partial charge in [-0.3, -0.25) is 9.59 Å². The zero-order valence-corrected chi connectivity index (χ0v) is 20.6. The number of primary amides is 1. The van der Waals surface area contributed by atoms with Crippen LogP contribution in [0.25, 0.3) is 10.9 Å². The van der Waals surface area contributed by atoms with Crippen LogP contribution in [0.4, 0.5) is 0 Å². The monoisotopic (exact) mass is 461 g/mol. The zero-order valence-electron chi connectivity index (χ0n) is 19.8. The van der Waals surface area contributed by atoms with Crippen molar-refractivity contribution in [1.82, 2.24) is 10.3 Å². The number of esters is 1. The fourth-order valence-corrected chi connectivity index (χ4v) is 4.87. The van der Waals surface area contributed by atoms with Crippen LogP contribution < -0.4 is 11.1 Å². The van der Waals surface area contributed by atoms with Gasteiger partial charge in [-0.2, -0.15) is 0 Å². The van der Waals surface area contributed by atoms with Crippen molar-refractivity contribution in [2.24, 2.45) is 11.7 Å². The Bertz CT molecular complexity index is 962. The second-order valence-corrected chi connectivity index (χ2v) is 10.7. The molecule has 0 fully saturated rings. The van der Waals surface area contributed by atoms with E-state index >= 15 is 0 Å². The van der Waals surface area contributed by atoms with Gasteiger partial charge in [0.15, 0.2) is 0 Å². The fourth-order valence-electron chi connectivity index (χ4n) is 3.39. The molecule has 0 aliphatic rings. The molecular formula is C24H35N3O4S. The first-order valence-corrected chi connectivity index (χ1v) is 11.8. The van der Waals surface area contributed by atoms with E-state index in [2.05, 4.69) is 24.1 Å². The third kappa shape index (κ3) is 7.58. The number of aryl methyl sites for hydroxylation is 1. The number of hydrogen-bond acceptors (Lipinski definition) is 5. The van der Waals surface area contributed by atoms with Crippen LogP contribution in [0, 0.1) is 12.8 Å². The maximum absolute atomic E-state index is 13.3. The predicted molar refractivity (Wildman–Crippen MR) is 128 cm³/mol. The number of fused-ring (bicyclic) bond motifs is 1. The molecule has 0 bridgehead atoms. The molecule has 0 aliphatic heterocycles. The van der Waals surface area contributed by atoms with E-state index in [1.807, 2.05) is 31.3 Å². The normalized spacial score (nSPS) is 13.7. The topological polar surface area (TPSA) is 114 Å².